The number of rotatable bonds is 5. The van der Waals surface area contributed by atoms with Gasteiger partial charge in [-0.3, -0.25) is 14.6 Å². The van der Waals surface area contributed by atoms with Gasteiger partial charge in [0.25, 0.3) is 5.91 Å². The number of ketones is 1. The molecule has 1 N–H and O–H groups in total. The quantitative estimate of drug-likeness (QED) is 0.782. The van der Waals surface area contributed by atoms with Crippen LogP contribution in [0.4, 0.5) is 16.2 Å². The topological polar surface area (TPSA) is 91.8 Å². The van der Waals surface area contributed by atoms with Crippen LogP contribution in [0.1, 0.15) is 34.7 Å². The van der Waals surface area contributed by atoms with Crippen molar-refractivity contribution in [2.75, 3.05) is 38.1 Å². The summed E-state index contributed by atoms with van der Waals surface area (Å²) in [6, 6.07) is 10.6. The average molecular weight is 396 g/mol. The molecule has 8 nitrogen and oxygen atoms in total. The average Bonchev–Trinajstić information content (AvgIpc) is 2.74. The first-order chi connectivity index (χ1) is 14.0. The number of nitrogens with zero attached hydrogens (tertiary/aromatic N) is 3. The molecule has 29 heavy (non-hydrogen) atoms. The van der Waals surface area contributed by atoms with Gasteiger partial charge in [0.05, 0.1) is 6.61 Å². The number of Topliss-reactive ketones (excluding diaryl/α,β-unsaturated/α-hetero) is 1. The number of piperazine rings is 1. The molecule has 0 unspecified atom stereocenters. The zero-order valence-corrected chi connectivity index (χ0v) is 16.6. The molecular weight excluding hydrogens is 372 g/mol. The molecule has 8 heteroatoms. The van der Waals surface area contributed by atoms with Gasteiger partial charge in [0.1, 0.15) is 5.69 Å². The summed E-state index contributed by atoms with van der Waals surface area (Å²) in [5.41, 5.74) is 2.51. The molecule has 1 saturated heterocycles. The number of hydrogen-bond donors (Lipinski definition) is 1. The summed E-state index contributed by atoms with van der Waals surface area (Å²) in [5.74, 6) is -0.166. The SMILES string of the molecule is CCOC(=O)N1CCN(C(=O)c2cc(Nc3ccc(C(C)=O)cc3)ccn2)CC1. The molecule has 1 aliphatic heterocycles. The van der Waals surface area contributed by atoms with E-state index in [1.165, 1.54) is 6.92 Å². The van der Waals surface area contributed by atoms with E-state index in [4.69, 9.17) is 4.74 Å². The van der Waals surface area contributed by atoms with Gasteiger partial charge in [0, 0.05) is 49.3 Å². The highest BCUT2D eigenvalue weighted by Gasteiger charge is 2.26. The normalized spacial score (nSPS) is 13.7. The van der Waals surface area contributed by atoms with Crippen molar-refractivity contribution in [1.29, 1.82) is 0 Å². The fourth-order valence-corrected chi connectivity index (χ4v) is 3.05. The second-order valence-electron chi connectivity index (χ2n) is 6.67. The van der Waals surface area contributed by atoms with Crippen LogP contribution in [0, 0.1) is 0 Å². The lowest BCUT2D eigenvalue weighted by molar-refractivity contribution is 0.0566. The maximum Gasteiger partial charge on any atom is 0.409 e. The van der Waals surface area contributed by atoms with Crippen LogP contribution in [0.5, 0.6) is 0 Å². The molecule has 152 valence electrons. The van der Waals surface area contributed by atoms with Crippen LogP contribution in [0.25, 0.3) is 0 Å². The molecule has 1 aromatic carbocycles. The monoisotopic (exact) mass is 396 g/mol. The summed E-state index contributed by atoms with van der Waals surface area (Å²) in [5, 5.41) is 3.21. The Balaban J connectivity index is 1.62. The van der Waals surface area contributed by atoms with Crippen molar-refractivity contribution in [3.05, 3.63) is 53.9 Å². The Morgan fingerprint density at radius 2 is 1.66 bits per heavy atom. The third-order valence-electron chi connectivity index (χ3n) is 4.65. The molecule has 0 saturated carbocycles. The summed E-state index contributed by atoms with van der Waals surface area (Å²) in [7, 11) is 0. The number of ether oxygens (including phenoxy) is 1. The number of hydrogen-bond acceptors (Lipinski definition) is 6. The molecule has 0 atom stereocenters. The molecule has 2 amide bonds. The zero-order chi connectivity index (χ0) is 20.8. The summed E-state index contributed by atoms with van der Waals surface area (Å²) < 4.78 is 5.00. The summed E-state index contributed by atoms with van der Waals surface area (Å²) in [6.45, 7) is 5.36. The van der Waals surface area contributed by atoms with E-state index >= 15 is 0 Å². The molecule has 1 fully saturated rings. The van der Waals surface area contributed by atoms with Gasteiger partial charge in [0.15, 0.2) is 5.78 Å². The molecule has 1 aromatic heterocycles. The summed E-state index contributed by atoms with van der Waals surface area (Å²) in [4.78, 5) is 43.4. The number of anilines is 2. The third-order valence-corrected chi connectivity index (χ3v) is 4.65. The van der Waals surface area contributed by atoms with Gasteiger partial charge in [-0.1, -0.05) is 0 Å². The second kappa shape index (κ2) is 9.18. The highest BCUT2D eigenvalue weighted by molar-refractivity contribution is 5.95. The van der Waals surface area contributed by atoms with Gasteiger partial charge >= 0.3 is 6.09 Å². The van der Waals surface area contributed by atoms with Crippen molar-refractivity contribution in [2.24, 2.45) is 0 Å². The molecule has 1 aliphatic rings. The molecule has 0 spiro atoms. The molecule has 0 radical (unpaired) electrons. The number of carbonyl (C=O) groups excluding carboxylic acids is 3. The first kappa shape index (κ1) is 20.3. The number of amides is 2. The Bertz CT molecular complexity index is 890. The summed E-state index contributed by atoms with van der Waals surface area (Å²) >= 11 is 0. The molecule has 3 rings (SSSR count). The number of carbonyl (C=O) groups is 3. The lowest BCUT2D eigenvalue weighted by Gasteiger charge is -2.33. The van der Waals surface area contributed by atoms with E-state index in [1.54, 1.807) is 47.2 Å². The lowest BCUT2D eigenvalue weighted by Crippen LogP contribution is -2.50. The fourth-order valence-electron chi connectivity index (χ4n) is 3.05. The van der Waals surface area contributed by atoms with Crippen molar-refractivity contribution < 1.29 is 19.1 Å². The van der Waals surface area contributed by atoms with Crippen LogP contribution in [0.3, 0.4) is 0 Å². The molecular formula is C21H24N4O4. The maximum absolute atomic E-state index is 12.8. The molecule has 0 aliphatic carbocycles. The van der Waals surface area contributed by atoms with Crippen molar-refractivity contribution in [1.82, 2.24) is 14.8 Å². The smallest absolute Gasteiger partial charge is 0.409 e. The number of nitrogens with one attached hydrogen (secondary N) is 1. The van der Waals surface area contributed by atoms with E-state index in [0.29, 0.717) is 44.0 Å². The maximum atomic E-state index is 12.8. The van der Waals surface area contributed by atoms with Gasteiger partial charge in [-0.05, 0) is 50.2 Å². The second-order valence-corrected chi connectivity index (χ2v) is 6.67. The van der Waals surface area contributed by atoms with E-state index in [0.717, 1.165) is 11.4 Å². The standard InChI is InChI=1S/C21H24N4O4/c1-3-29-21(28)25-12-10-24(11-13-25)20(27)19-14-18(8-9-22-19)23-17-6-4-16(5-7-17)15(2)26/h4-9,14H,3,10-13H2,1-2H3,(H,22,23). The van der Waals surface area contributed by atoms with Crippen molar-refractivity contribution in [2.45, 2.75) is 13.8 Å². The van der Waals surface area contributed by atoms with Crippen molar-refractivity contribution in [3.8, 4) is 0 Å². The van der Waals surface area contributed by atoms with Gasteiger partial charge in [-0.2, -0.15) is 0 Å². The predicted octanol–water partition coefficient (Wildman–Crippen LogP) is 2.94. The minimum Gasteiger partial charge on any atom is -0.450 e. The van der Waals surface area contributed by atoms with Crippen LogP contribution in [0.2, 0.25) is 0 Å². The number of benzene rings is 1. The highest BCUT2D eigenvalue weighted by atomic mass is 16.6. The van der Waals surface area contributed by atoms with Crippen LogP contribution in [0.15, 0.2) is 42.6 Å². The van der Waals surface area contributed by atoms with Crippen molar-refractivity contribution in [3.63, 3.8) is 0 Å². The van der Waals surface area contributed by atoms with Crippen LogP contribution in [-0.2, 0) is 4.74 Å². The van der Waals surface area contributed by atoms with E-state index in [1.807, 2.05) is 12.1 Å². The number of aromatic nitrogens is 1. The van der Waals surface area contributed by atoms with Gasteiger partial charge in [-0.15, -0.1) is 0 Å². The van der Waals surface area contributed by atoms with Crippen LogP contribution in [-0.4, -0.2) is 65.4 Å². The number of pyridine rings is 1. The fraction of sp³-hybridized carbons (Fsp3) is 0.333. The van der Waals surface area contributed by atoms with E-state index in [9.17, 15) is 14.4 Å². The Kier molecular flexibility index (Phi) is 6.43. The van der Waals surface area contributed by atoms with E-state index in [2.05, 4.69) is 10.3 Å². The minimum absolute atomic E-state index is 0.0106. The predicted molar refractivity (Wildman–Crippen MR) is 108 cm³/mol. The van der Waals surface area contributed by atoms with E-state index in [-0.39, 0.29) is 17.8 Å². The van der Waals surface area contributed by atoms with Gasteiger partial charge in [-0.25, -0.2) is 4.79 Å². The highest BCUT2D eigenvalue weighted by Crippen LogP contribution is 2.19. The van der Waals surface area contributed by atoms with Gasteiger partial charge in [0.2, 0.25) is 0 Å². The van der Waals surface area contributed by atoms with Crippen molar-refractivity contribution >= 4 is 29.2 Å². The first-order valence-corrected chi connectivity index (χ1v) is 9.53. The Hall–Kier alpha value is -3.42. The Morgan fingerprint density at radius 3 is 2.28 bits per heavy atom. The largest absolute Gasteiger partial charge is 0.450 e. The van der Waals surface area contributed by atoms with Gasteiger partial charge < -0.3 is 19.9 Å². The summed E-state index contributed by atoms with van der Waals surface area (Å²) in [6.07, 6.45) is 1.23. The Morgan fingerprint density at radius 1 is 1.00 bits per heavy atom. The zero-order valence-electron chi connectivity index (χ0n) is 16.6. The third kappa shape index (κ3) is 5.10. The van der Waals surface area contributed by atoms with E-state index < -0.39 is 0 Å². The first-order valence-electron chi connectivity index (χ1n) is 9.53. The molecule has 2 aromatic rings. The Labute approximate surface area is 169 Å². The molecule has 2 heterocycles. The van der Waals surface area contributed by atoms with Crippen LogP contribution < -0.4 is 5.32 Å². The molecule has 0 bridgehead atoms. The van der Waals surface area contributed by atoms with Crippen LogP contribution >= 0.6 is 0 Å². The minimum atomic E-state index is -0.347. The lowest BCUT2D eigenvalue weighted by atomic mass is 10.1.